The van der Waals surface area contributed by atoms with Crippen molar-refractivity contribution < 1.29 is 28.6 Å². The van der Waals surface area contributed by atoms with Crippen LogP contribution in [0.3, 0.4) is 0 Å². The van der Waals surface area contributed by atoms with E-state index in [9.17, 15) is 14.4 Å². The van der Waals surface area contributed by atoms with Crippen molar-refractivity contribution in [1.29, 1.82) is 0 Å². The summed E-state index contributed by atoms with van der Waals surface area (Å²) in [6, 6.07) is 11.3. The number of amides is 3. The Morgan fingerprint density at radius 3 is 2.47 bits per heavy atom. The maximum absolute atomic E-state index is 13.3. The second-order valence-electron chi connectivity index (χ2n) is 17.2. The first-order valence-corrected chi connectivity index (χ1v) is 20.9. The third-order valence-corrected chi connectivity index (χ3v) is 13.2. The van der Waals surface area contributed by atoms with Crippen LogP contribution in [0.5, 0.6) is 11.5 Å². The van der Waals surface area contributed by atoms with Crippen molar-refractivity contribution in [3.63, 3.8) is 0 Å². The van der Waals surface area contributed by atoms with Crippen LogP contribution in [0.2, 0.25) is 0 Å². The van der Waals surface area contributed by atoms with E-state index < -0.39 is 11.9 Å². The molecule has 10 rings (SSSR count). The Morgan fingerprint density at radius 1 is 0.897 bits per heavy atom. The number of nitrogens with zero attached hydrogens (tertiary/aromatic N) is 7. The van der Waals surface area contributed by atoms with Gasteiger partial charge in [0.2, 0.25) is 11.8 Å². The fourth-order valence-corrected chi connectivity index (χ4v) is 9.51. The van der Waals surface area contributed by atoms with E-state index in [0.717, 1.165) is 129 Å². The molecule has 4 aliphatic heterocycles. The third-order valence-electron chi connectivity index (χ3n) is 13.2. The molecule has 1 atom stereocenters. The topological polar surface area (TPSA) is 158 Å². The molecule has 58 heavy (non-hydrogen) atoms. The van der Waals surface area contributed by atoms with Crippen LogP contribution in [0, 0.1) is 5.92 Å². The molecule has 15 nitrogen and oxygen atoms in total. The molecular weight excluding hydrogens is 739 g/mol. The molecule has 2 aromatic carbocycles. The predicted molar refractivity (Wildman–Crippen MR) is 216 cm³/mol. The molecule has 3 saturated heterocycles. The average molecular weight is 790 g/mol. The summed E-state index contributed by atoms with van der Waals surface area (Å²) in [5.74, 6) is 2.25. The second kappa shape index (κ2) is 14.8. The SMILES string of the molecule is COc1c(N2CCN(CC3CC(OC4CCN(c5cc(-c6[nH]nc7ccc(OC8(C)CC8)cc67)ncn5)CC4)C3)CC2)ccc2c1CN(C1CCC(=O)NC1=O)C2=O. The second-order valence-corrected chi connectivity index (χ2v) is 17.2. The van der Waals surface area contributed by atoms with Gasteiger partial charge in [0.1, 0.15) is 35.3 Å². The van der Waals surface area contributed by atoms with Gasteiger partial charge in [-0.3, -0.25) is 29.7 Å². The predicted octanol–water partition coefficient (Wildman–Crippen LogP) is 4.31. The molecule has 304 valence electrons. The number of hydrogen-bond donors (Lipinski definition) is 2. The van der Waals surface area contributed by atoms with E-state index in [-0.39, 0.29) is 29.9 Å². The molecule has 5 fully saturated rings. The Kier molecular flexibility index (Phi) is 9.47. The maximum Gasteiger partial charge on any atom is 0.255 e. The van der Waals surface area contributed by atoms with E-state index in [1.165, 1.54) is 0 Å². The highest BCUT2D eigenvalue weighted by molar-refractivity contribution is 6.06. The van der Waals surface area contributed by atoms with Crippen molar-refractivity contribution in [1.82, 2.24) is 35.3 Å². The molecule has 2 N–H and O–H groups in total. The molecule has 15 heteroatoms. The molecule has 4 aromatic rings. The molecule has 0 radical (unpaired) electrons. The van der Waals surface area contributed by atoms with Crippen LogP contribution >= 0.6 is 0 Å². The summed E-state index contributed by atoms with van der Waals surface area (Å²) >= 11 is 0. The zero-order valence-corrected chi connectivity index (χ0v) is 33.2. The monoisotopic (exact) mass is 789 g/mol. The van der Waals surface area contributed by atoms with Crippen LogP contribution < -0.4 is 24.6 Å². The number of ether oxygens (including phenoxy) is 3. The Morgan fingerprint density at radius 2 is 1.71 bits per heavy atom. The summed E-state index contributed by atoms with van der Waals surface area (Å²) in [5.41, 5.74) is 4.91. The number of aromatic amines is 1. The third kappa shape index (κ3) is 7.12. The number of nitrogens with one attached hydrogen (secondary N) is 2. The van der Waals surface area contributed by atoms with Gasteiger partial charge >= 0.3 is 0 Å². The normalized spacial score (nSPS) is 24.8. The van der Waals surface area contributed by atoms with Crippen molar-refractivity contribution in [2.75, 3.05) is 62.7 Å². The summed E-state index contributed by atoms with van der Waals surface area (Å²) in [5, 5.41) is 11.1. The zero-order valence-electron chi connectivity index (χ0n) is 33.2. The van der Waals surface area contributed by atoms with Crippen LogP contribution in [0.1, 0.15) is 74.2 Å². The number of rotatable bonds is 11. The molecule has 2 aromatic heterocycles. The van der Waals surface area contributed by atoms with Gasteiger partial charge < -0.3 is 28.9 Å². The van der Waals surface area contributed by atoms with E-state index in [2.05, 4.69) is 59.2 Å². The summed E-state index contributed by atoms with van der Waals surface area (Å²) in [6.07, 6.45) is 9.15. The van der Waals surface area contributed by atoms with Crippen LogP contribution in [-0.2, 0) is 20.9 Å². The number of H-pyrrole nitrogens is 1. The lowest BCUT2D eigenvalue weighted by molar-refractivity contribution is -0.136. The minimum absolute atomic E-state index is 0.0463. The number of piperazine rings is 1. The van der Waals surface area contributed by atoms with E-state index in [1.54, 1.807) is 18.3 Å². The van der Waals surface area contributed by atoms with Gasteiger partial charge in [-0.15, -0.1) is 0 Å². The average Bonchev–Trinajstić information content (AvgIpc) is 3.64. The number of anilines is 2. The Balaban J connectivity index is 0.678. The van der Waals surface area contributed by atoms with Gasteiger partial charge in [-0.25, -0.2) is 9.97 Å². The summed E-state index contributed by atoms with van der Waals surface area (Å²) in [4.78, 5) is 55.7. The molecule has 6 aliphatic rings. The lowest BCUT2D eigenvalue weighted by Crippen LogP contribution is -2.52. The van der Waals surface area contributed by atoms with Crippen molar-refractivity contribution in [3.8, 4) is 22.9 Å². The first-order valence-electron chi connectivity index (χ1n) is 20.9. The smallest absolute Gasteiger partial charge is 0.255 e. The van der Waals surface area contributed by atoms with Gasteiger partial charge in [-0.05, 0) is 88.1 Å². The van der Waals surface area contributed by atoms with Crippen molar-refractivity contribution in [2.45, 2.75) is 88.7 Å². The zero-order chi connectivity index (χ0) is 39.5. The number of imide groups is 1. The highest BCUT2D eigenvalue weighted by atomic mass is 16.5. The Bertz CT molecular complexity index is 2240. The maximum atomic E-state index is 13.3. The van der Waals surface area contributed by atoms with E-state index in [0.29, 0.717) is 36.3 Å². The van der Waals surface area contributed by atoms with Crippen LogP contribution in [0.25, 0.3) is 22.3 Å². The van der Waals surface area contributed by atoms with Gasteiger partial charge in [-0.1, -0.05) is 0 Å². The van der Waals surface area contributed by atoms with Crippen LogP contribution in [0.15, 0.2) is 42.7 Å². The first-order chi connectivity index (χ1) is 28.2. The number of hydrogen-bond acceptors (Lipinski definition) is 12. The van der Waals surface area contributed by atoms with E-state index in [1.807, 2.05) is 24.3 Å². The number of aromatic nitrogens is 4. The van der Waals surface area contributed by atoms with Gasteiger partial charge in [0.15, 0.2) is 0 Å². The number of carbonyl (C=O) groups excluding carboxylic acids is 3. The number of carbonyl (C=O) groups is 3. The molecule has 1 unspecified atom stereocenters. The van der Waals surface area contributed by atoms with Crippen molar-refractivity contribution in [3.05, 3.63) is 53.9 Å². The fourth-order valence-electron chi connectivity index (χ4n) is 9.51. The minimum Gasteiger partial charge on any atom is -0.494 e. The van der Waals surface area contributed by atoms with E-state index in [4.69, 9.17) is 14.2 Å². The largest absolute Gasteiger partial charge is 0.494 e. The number of methoxy groups -OCH3 is 1. The summed E-state index contributed by atoms with van der Waals surface area (Å²) in [7, 11) is 1.64. The van der Waals surface area contributed by atoms with Crippen LogP contribution in [0.4, 0.5) is 11.5 Å². The fraction of sp³-hybridized carbons (Fsp3) is 0.535. The molecule has 3 amide bonds. The highest BCUT2D eigenvalue weighted by Crippen LogP contribution is 2.42. The molecule has 6 heterocycles. The summed E-state index contributed by atoms with van der Waals surface area (Å²) < 4.78 is 18.8. The van der Waals surface area contributed by atoms with Gasteiger partial charge in [0.25, 0.3) is 5.91 Å². The quantitative estimate of drug-likeness (QED) is 0.208. The number of fused-ring (bicyclic) bond motifs is 2. The lowest BCUT2D eigenvalue weighted by Gasteiger charge is -2.43. The highest BCUT2D eigenvalue weighted by Gasteiger charge is 2.42. The Hall–Kier alpha value is -5.28. The first kappa shape index (κ1) is 37.0. The van der Waals surface area contributed by atoms with Crippen molar-refractivity contribution in [2.24, 2.45) is 5.92 Å². The van der Waals surface area contributed by atoms with Gasteiger partial charge in [0.05, 0.1) is 48.5 Å². The molecule has 2 aliphatic carbocycles. The molecular formula is C43H51N9O6. The van der Waals surface area contributed by atoms with Crippen LogP contribution in [-0.4, -0.2) is 124 Å². The van der Waals surface area contributed by atoms with Crippen molar-refractivity contribution >= 4 is 40.1 Å². The van der Waals surface area contributed by atoms with E-state index >= 15 is 0 Å². The van der Waals surface area contributed by atoms with Gasteiger partial charge in [0, 0.05) is 74.8 Å². The lowest BCUT2D eigenvalue weighted by atomic mass is 9.81. The molecule has 2 saturated carbocycles. The van der Waals surface area contributed by atoms with Gasteiger partial charge in [-0.2, -0.15) is 5.10 Å². The number of benzene rings is 2. The number of piperidine rings is 2. The molecule has 0 spiro atoms. The standard InChI is InChI=1S/C43H51N9O6/c1-43(11-12-43)58-28-3-5-33-31(21-28)39(48-47-33)34-22-37(45-25-44-34)51-13-9-27(10-14-51)57-29-19-26(20-29)23-49-15-17-50(18-16-49)35-6-4-30-32(40(35)56-2)24-52(42(30)55)36-7-8-38(53)46-41(36)54/h3-6,21-22,25-27,29,36H,7-20,23-24H2,1-2H3,(H,47,48)(H,46,53,54). The molecule has 0 bridgehead atoms. The minimum atomic E-state index is -0.648. The Labute approximate surface area is 337 Å². The summed E-state index contributed by atoms with van der Waals surface area (Å²) in [6.45, 7) is 8.97.